The van der Waals surface area contributed by atoms with Crippen molar-refractivity contribution in [3.8, 4) is 11.5 Å². The van der Waals surface area contributed by atoms with Crippen LogP contribution < -0.4 is 14.8 Å². The molecule has 0 unspecified atom stereocenters. The van der Waals surface area contributed by atoms with Gasteiger partial charge in [-0.1, -0.05) is 121 Å². The SMILES string of the molecule is C=CCO[C@@]12Oc3ccc(OC(=O)NCCCCCCCCCCCC)cc3[C@H]3[C@H](CCCCO)[C@@H](CCCCO)C=C(C(=NOCC)C[C@@H]1N(C)C(=O)CCC1CCCC1)[C@H]32. The van der Waals surface area contributed by atoms with Gasteiger partial charge in [0.15, 0.2) is 0 Å². The van der Waals surface area contributed by atoms with E-state index >= 15 is 0 Å². The summed E-state index contributed by atoms with van der Waals surface area (Å²) in [5.74, 6) is 0.0330. The second-order valence-electron chi connectivity index (χ2n) is 18.4. The van der Waals surface area contributed by atoms with Gasteiger partial charge < -0.3 is 39.5 Å². The van der Waals surface area contributed by atoms with E-state index in [2.05, 4.69) is 24.9 Å². The van der Waals surface area contributed by atoms with Crippen LogP contribution >= 0.6 is 0 Å². The summed E-state index contributed by atoms with van der Waals surface area (Å²) in [6.45, 7) is 9.59. The van der Waals surface area contributed by atoms with E-state index < -0.39 is 23.8 Å². The molecule has 1 aromatic rings. The third-order valence-electron chi connectivity index (χ3n) is 14.1. The van der Waals surface area contributed by atoms with Gasteiger partial charge in [0.2, 0.25) is 11.7 Å². The number of carbonyl (C=O) groups excluding carboxylic acids is 2. The summed E-state index contributed by atoms with van der Waals surface area (Å²) in [6, 6.07) is 5.11. The zero-order valence-corrected chi connectivity index (χ0v) is 38.6. The summed E-state index contributed by atoms with van der Waals surface area (Å²) in [5, 5.41) is 27.5. The highest BCUT2D eigenvalue weighted by atomic mass is 16.7. The molecule has 3 aliphatic carbocycles. The first-order valence-electron chi connectivity index (χ1n) is 24.7. The molecule has 11 heteroatoms. The molecule has 0 spiro atoms. The average molecular weight is 864 g/mol. The molecule has 62 heavy (non-hydrogen) atoms. The number of ether oxygens (including phenoxy) is 3. The van der Waals surface area contributed by atoms with Crippen LogP contribution in [-0.2, 0) is 14.4 Å². The number of carbonyl (C=O) groups is 2. The molecule has 0 saturated heterocycles. The van der Waals surface area contributed by atoms with Gasteiger partial charge in [-0.05, 0) is 87.0 Å². The lowest BCUT2D eigenvalue weighted by atomic mass is 9.55. The summed E-state index contributed by atoms with van der Waals surface area (Å²) in [5.41, 5.74) is 2.70. The van der Waals surface area contributed by atoms with E-state index in [1.807, 2.05) is 31.0 Å². The van der Waals surface area contributed by atoms with E-state index in [4.69, 9.17) is 24.2 Å². The molecule has 2 amide bonds. The fraction of sp³-hybridized carbons (Fsp3) is 0.745. The number of aliphatic hydroxyl groups excluding tert-OH is 2. The number of aliphatic hydroxyl groups is 2. The largest absolute Gasteiger partial charge is 0.459 e. The highest BCUT2D eigenvalue weighted by molar-refractivity contribution is 6.03. The van der Waals surface area contributed by atoms with Crippen LogP contribution in [0.5, 0.6) is 11.5 Å². The van der Waals surface area contributed by atoms with E-state index in [9.17, 15) is 19.8 Å². The van der Waals surface area contributed by atoms with Crippen LogP contribution in [0.25, 0.3) is 0 Å². The summed E-state index contributed by atoms with van der Waals surface area (Å²) in [6.07, 6.45) is 27.1. The number of oxime groups is 1. The molecule has 0 aromatic heterocycles. The minimum absolute atomic E-state index is 0.0577. The molecule has 3 N–H and O–H groups in total. The van der Waals surface area contributed by atoms with Crippen molar-refractivity contribution in [2.24, 2.45) is 28.8 Å². The molecule has 4 aliphatic rings. The summed E-state index contributed by atoms with van der Waals surface area (Å²) < 4.78 is 20.2. The fourth-order valence-corrected chi connectivity index (χ4v) is 10.9. The van der Waals surface area contributed by atoms with Crippen molar-refractivity contribution in [3.05, 3.63) is 48.1 Å². The Kier molecular flexibility index (Phi) is 21.1. The molecule has 1 heterocycles. The van der Waals surface area contributed by atoms with Gasteiger partial charge in [-0.3, -0.25) is 4.79 Å². The molecular formula is C51H81N3O8. The van der Waals surface area contributed by atoms with Crippen molar-refractivity contribution in [2.75, 3.05) is 40.0 Å². The standard InChI is InChI=1S/C51H81N3O8/c1-5-8-9-10-11-12-13-14-15-20-31-52-50(58)61-40-28-29-45-43(36-40)48-41(26-19-22-33-56)39(25-18-21-32-55)35-42-44(53-60-7-3)37-46(51(62-45,49(42)48)59-34-6-2)54(4)47(57)30-27-38-23-16-17-24-38/h6,28-29,35-36,38-39,41,46,48-49,55-56H,2,5,7-27,30-34,37H2,1,3-4H3,(H,52,58)/t39-,41+,46-,48+,49+,51+/m0/s1. The number of nitrogens with zero attached hydrogens (tertiary/aromatic N) is 2. The smallest absolute Gasteiger partial charge is 0.412 e. The summed E-state index contributed by atoms with van der Waals surface area (Å²) >= 11 is 0. The zero-order valence-electron chi connectivity index (χ0n) is 38.6. The van der Waals surface area contributed by atoms with Gasteiger partial charge in [0.05, 0.1) is 18.2 Å². The fourth-order valence-electron chi connectivity index (χ4n) is 10.9. The minimum Gasteiger partial charge on any atom is -0.459 e. The second-order valence-corrected chi connectivity index (χ2v) is 18.4. The maximum Gasteiger partial charge on any atom is 0.412 e. The van der Waals surface area contributed by atoms with Crippen molar-refractivity contribution in [2.45, 2.75) is 179 Å². The number of amides is 2. The molecule has 0 radical (unpaired) electrons. The van der Waals surface area contributed by atoms with E-state index in [1.165, 1.54) is 77.0 Å². The first-order valence-corrected chi connectivity index (χ1v) is 24.7. The van der Waals surface area contributed by atoms with Gasteiger partial charge in [0, 0.05) is 51.1 Å². The lowest BCUT2D eigenvalue weighted by Gasteiger charge is -2.59. The van der Waals surface area contributed by atoms with Crippen molar-refractivity contribution in [1.29, 1.82) is 0 Å². The maximum absolute atomic E-state index is 14.3. The number of fused-ring (bicyclic) bond motifs is 2. The Bertz CT molecular complexity index is 1590. The molecule has 1 aromatic carbocycles. The van der Waals surface area contributed by atoms with E-state index in [0.29, 0.717) is 56.3 Å². The van der Waals surface area contributed by atoms with Gasteiger partial charge in [-0.25, -0.2) is 4.79 Å². The molecule has 6 atom stereocenters. The maximum atomic E-state index is 14.3. The Morgan fingerprint density at radius 3 is 2.31 bits per heavy atom. The molecular weight excluding hydrogens is 783 g/mol. The lowest BCUT2D eigenvalue weighted by molar-refractivity contribution is -0.255. The lowest BCUT2D eigenvalue weighted by Crippen LogP contribution is -2.69. The van der Waals surface area contributed by atoms with Crippen LogP contribution in [0.15, 0.2) is 47.7 Å². The number of hydrogen-bond acceptors (Lipinski definition) is 9. The van der Waals surface area contributed by atoms with Crippen LogP contribution in [0.2, 0.25) is 0 Å². The van der Waals surface area contributed by atoms with Gasteiger partial charge in [0.25, 0.3) is 0 Å². The van der Waals surface area contributed by atoms with Crippen LogP contribution in [0.4, 0.5) is 4.79 Å². The molecule has 1 aliphatic heterocycles. The Balaban J connectivity index is 1.47. The first-order chi connectivity index (χ1) is 30.3. The predicted octanol–water partition coefficient (Wildman–Crippen LogP) is 10.8. The Hall–Kier alpha value is -3.41. The van der Waals surface area contributed by atoms with Gasteiger partial charge in [-0.2, -0.15) is 0 Å². The van der Waals surface area contributed by atoms with Gasteiger partial charge in [-0.15, -0.1) is 6.58 Å². The minimum atomic E-state index is -1.29. The van der Waals surface area contributed by atoms with E-state index in [0.717, 1.165) is 61.8 Å². The average Bonchev–Trinajstić information content (AvgIpc) is 3.81. The van der Waals surface area contributed by atoms with Crippen molar-refractivity contribution < 1.29 is 38.9 Å². The number of nitrogens with one attached hydrogen (secondary N) is 1. The van der Waals surface area contributed by atoms with E-state index in [1.54, 1.807) is 12.1 Å². The van der Waals surface area contributed by atoms with Crippen LogP contribution in [0.3, 0.4) is 0 Å². The summed E-state index contributed by atoms with van der Waals surface area (Å²) in [7, 11) is 1.88. The Morgan fingerprint density at radius 2 is 1.63 bits per heavy atom. The zero-order chi connectivity index (χ0) is 44.2. The number of benzene rings is 1. The third kappa shape index (κ3) is 13.3. The van der Waals surface area contributed by atoms with Crippen LogP contribution in [0.1, 0.15) is 173 Å². The van der Waals surface area contributed by atoms with Crippen LogP contribution in [-0.4, -0.2) is 84.7 Å². The summed E-state index contributed by atoms with van der Waals surface area (Å²) in [4.78, 5) is 35.2. The molecule has 2 saturated carbocycles. The van der Waals surface area contributed by atoms with Gasteiger partial charge >= 0.3 is 6.09 Å². The first kappa shape index (κ1) is 49.6. The molecule has 11 nitrogen and oxygen atoms in total. The highest BCUT2D eigenvalue weighted by Gasteiger charge is 2.65. The highest BCUT2D eigenvalue weighted by Crippen LogP contribution is 2.62. The molecule has 2 fully saturated rings. The van der Waals surface area contributed by atoms with Crippen molar-refractivity contribution >= 4 is 17.7 Å². The third-order valence-corrected chi connectivity index (χ3v) is 14.1. The van der Waals surface area contributed by atoms with Crippen molar-refractivity contribution in [1.82, 2.24) is 10.2 Å². The number of allylic oxidation sites excluding steroid dienone is 1. The number of hydrogen-bond donors (Lipinski definition) is 3. The quantitative estimate of drug-likeness (QED) is 0.0411. The number of rotatable bonds is 29. The Labute approximate surface area is 373 Å². The van der Waals surface area contributed by atoms with Gasteiger partial charge in [0.1, 0.15) is 24.1 Å². The number of unbranched alkanes of at least 4 members (excludes halogenated alkanes) is 11. The molecule has 348 valence electrons. The predicted molar refractivity (Wildman–Crippen MR) is 246 cm³/mol. The molecule has 5 rings (SSSR count). The normalized spacial score (nSPS) is 24.8. The van der Waals surface area contributed by atoms with E-state index in [-0.39, 0.29) is 43.5 Å². The number of likely N-dealkylation sites (N-methyl/N-ethyl adjacent to an activating group) is 1. The molecule has 0 bridgehead atoms. The van der Waals surface area contributed by atoms with Crippen LogP contribution in [0, 0.1) is 23.7 Å². The Morgan fingerprint density at radius 1 is 0.935 bits per heavy atom. The van der Waals surface area contributed by atoms with Crippen molar-refractivity contribution in [3.63, 3.8) is 0 Å². The monoisotopic (exact) mass is 864 g/mol. The topological polar surface area (TPSA) is 139 Å². The second kappa shape index (κ2) is 26.4.